The molecule has 0 aliphatic heterocycles. The fraction of sp³-hybridized carbons (Fsp3) is 0.357. The predicted octanol–water partition coefficient (Wildman–Crippen LogP) is 4.11. The van der Waals surface area contributed by atoms with Gasteiger partial charge in [0.2, 0.25) is 0 Å². The zero-order valence-corrected chi connectivity index (χ0v) is 11.8. The van der Waals surface area contributed by atoms with Gasteiger partial charge in [0, 0.05) is 15.5 Å². The Hall–Kier alpha value is -0.900. The van der Waals surface area contributed by atoms with Crippen LogP contribution in [0.2, 0.25) is 5.02 Å². The lowest BCUT2D eigenvalue weighted by Crippen LogP contribution is -2.43. The Morgan fingerprint density at radius 1 is 1.39 bits per heavy atom. The summed E-state index contributed by atoms with van der Waals surface area (Å²) in [5.41, 5.74) is 8.26. The molecule has 0 unspecified atom stereocenters. The van der Waals surface area contributed by atoms with E-state index in [0.717, 1.165) is 34.1 Å². The quantitative estimate of drug-likeness (QED) is 0.898. The molecule has 1 aliphatic rings. The van der Waals surface area contributed by atoms with E-state index >= 15 is 0 Å². The van der Waals surface area contributed by atoms with Crippen LogP contribution in [-0.4, -0.2) is 4.98 Å². The molecule has 0 radical (unpaired) electrons. The third kappa shape index (κ3) is 1.96. The van der Waals surface area contributed by atoms with Gasteiger partial charge in [0.1, 0.15) is 5.01 Å². The second kappa shape index (κ2) is 4.34. The Bertz CT molecular complexity index is 587. The SMILES string of the molecule is Cc1sc(C2(N)CCC2)nc1-c1cccc(Cl)c1. The van der Waals surface area contributed by atoms with Crippen molar-refractivity contribution in [3.8, 4) is 11.3 Å². The second-order valence-corrected chi connectivity index (χ2v) is 6.58. The van der Waals surface area contributed by atoms with Crippen LogP contribution in [0.1, 0.15) is 29.1 Å². The van der Waals surface area contributed by atoms with Crippen molar-refractivity contribution < 1.29 is 0 Å². The molecule has 1 aromatic carbocycles. The standard InChI is InChI=1S/C14H15ClN2S/c1-9-12(10-4-2-5-11(15)8-10)17-13(18-9)14(16)6-3-7-14/h2,4-5,8H,3,6-7,16H2,1H3. The summed E-state index contributed by atoms with van der Waals surface area (Å²) >= 11 is 7.75. The average molecular weight is 279 g/mol. The zero-order chi connectivity index (χ0) is 12.8. The van der Waals surface area contributed by atoms with Crippen molar-refractivity contribution >= 4 is 22.9 Å². The van der Waals surface area contributed by atoms with Gasteiger partial charge in [-0.25, -0.2) is 4.98 Å². The van der Waals surface area contributed by atoms with Crippen molar-refractivity contribution in [2.45, 2.75) is 31.7 Å². The van der Waals surface area contributed by atoms with Gasteiger partial charge in [-0.05, 0) is 38.3 Å². The van der Waals surface area contributed by atoms with Crippen molar-refractivity contribution in [1.82, 2.24) is 4.98 Å². The fourth-order valence-electron chi connectivity index (χ4n) is 2.28. The minimum atomic E-state index is -0.174. The van der Waals surface area contributed by atoms with Crippen molar-refractivity contribution in [3.05, 3.63) is 39.2 Å². The smallest absolute Gasteiger partial charge is 0.113 e. The van der Waals surface area contributed by atoms with Gasteiger partial charge in [-0.3, -0.25) is 0 Å². The lowest BCUT2D eigenvalue weighted by Gasteiger charge is -2.35. The highest BCUT2D eigenvalue weighted by atomic mass is 35.5. The zero-order valence-electron chi connectivity index (χ0n) is 10.2. The molecule has 4 heteroatoms. The van der Waals surface area contributed by atoms with E-state index in [1.54, 1.807) is 11.3 Å². The lowest BCUT2D eigenvalue weighted by atomic mass is 9.78. The molecule has 1 fully saturated rings. The number of thiazole rings is 1. The van der Waals surface area contributed by atoms with Crippen LogP contribution in [0.15, 0.2) is 24.3 Å². The van der Waals surface area contributed by atoms with Gasteiger partial charge >= 0.3 is 0 Å². The van der Waals surface area contributed by atoms with Crippen LogP contribution >= 0.6 is 22.9 Å². The molecule has 0 bridgehead atoms. The van der Waals surface area contributed by atoms with Gasteiger partial charge in [0.15, 0.2) is 0 Å². The first-order valence-electron chi connectivity index (χ1n) is 6.11. The Balaban J connectivity index is 2.03. The number of nitrogens with two attached hydrogens (primary N) is 1. The van der Waals surface area contributed by atoms with E-state index in [-0.39, 0.29) is 5.54 Å². The first-order valence-corrected chi connectivity index (χ1v) is 7.31. The van der Waals surface area contributed by atoms with Gasteiger partial charge < -0.3 is 5.73 Å². The summed E-state index contributed by atoms with van der Waals surface area (Å²) in [6.07, 6.45) is 3.31. The maximum Gasteiger partial charge on any atom is 0.113 e. The topological polar surface area (TPSA) is 38.9 Å². The molecule has 0 amide bonds. The van der Waals surface area contributed by atoms with Gasteiger partial charge in [-0.2, -0.15) is 0 Å². The molecule has 94 valence electrons. The number of halogens is 1. The van der Waals surface area contributed by atoms with E-state index in [4.69, 9.17) is 22.3 Å². The van der Waals surface area contributed by atoms with Gasteiger partial charge in [0.05, 0.1) is 11.2 Å². The number of aromatic nitrogens is 1. The molecular formula is C14H15ClN2S. The first-order chi connectivity index (χ1) is 8.58. The maximum atomic E-state index is 6.34. The fourth-order valence-corrected chi connectivity index (χ4v) is 3.57. The number of hydrogen-bond donors (Lipinski definition) is 1. The van der Waals surface area contributed by atoms with Crippen LogP contribution in [0, 0.1) is 6.92 Å². The second-order valence-electron chi connectivity index (χ2n) is 4.94. The lowest BCUT2D eigenvalue weighted by molar-refractivity contribution is 0.253. The summed E-state index contributed by atoms with van der Waals surface area (Å²) in [6, 6.07) is 7.83. The van der Waals surface area contributed by atoms with Crippen molar-refractivity contribution in [2.24, 2.45) is 5.73 Å². The van der Waals surface area contributed by atoms with Crippen LogP contribution in [0.25, 0.3) is 11.3 Å². The van der Waals surface area contributed by atoms with E-state index in [1.165, 1.54) is 11.3 Å². The summed E-state index contributed by atoms with van der Waals surface area (Å²) in [4.78, 5) is 5.96. The Morgan fingerprint density at radius 2 is 2.17 bits per heavy atom. The molecule has 2 nitrogen and oxygen atoms in total. The van der Waals surface area contributed by atoms with Gasteiger partial charge in [-0.1, -0.05) is 23.7 Å². The van der Waals surface area contributed by atoms with E-state index < -0.39 is 0 Å². The molecule has 1 heterocycles. The third-order valence-corrected chi connectivity index (χ3v) is 4.99. The van der Waals surface area contributed by atoms with Crippen molar-refractivity contribution in [1.29, 1.82) is 0 Å². The summed E-state index contributed by atoms with van der Waals surface area (Å²) in [7, 11) is 0. The Morgan fingerprint density at radius 3 is 2.78 bits per heavy atom. The molecule has 0 saturated heterocycles. The molecule has 2 N–H and O–H groups in total. The molecule has 18 heavy (non-hydrogen) atoms. The molecule has 2 aromatic rings. The summed E-state index contributed by atoms with van der Waals surface area (Å²) < 4.78 is 0. The molecular weight excluding hydrogens is 264 g/mol. The summed E-state index contributed by atoms with van der Waals surface area (Å²) in [5, 5.41) is 1.81. The van der Waals surface area contributed by atoms with E-state index in [1.807, 2.05) is 24.3 Å². The molecule has 1 saturated carbocycles. The highest BCUT2D eigenvalue weighted by Crippen LogP contribution is 2.42. The summed E-state index contributed by atoms with van der Waals surface area (Å²) in [5.74, 6) is 0. The minimum absolute atomic E-state index is 0.174. The largest absolute Gasteiger partial charge is 0.319 e. The van der Waals surface area contributed by atoms with Crippen LogP contribution in [-0.2, 0) is 5.54 Å². The number of benzene rings is 1. The van der Waals surface area contributed by atoms with Crippen LogP contribution in [0.3, 0.4) is 0 Å². The predicted molar refractivity (Wildman–Crippen MR) is 77.0 cm³/mol. The van der Waals surface area contributed by atoms with Crippen LogP contribution in [0.4, 0.5) is 0 Å². The number of hydrogen-bond acceptors (Lipinski definition) is 3. The van der Waals surface area contributed by atoms with Crippen LogP contribution < -0.4 is 5.73 Å². The summed E-state index contributed by atoms with van der Waals surface area (Å²) in [6.45, 7) is 2.10. The maximum absolute atomic E-state index is 6.34. The molecule has 1 aromatic heterocycles. The molecule has 3 rings (SSSR count). The minimum Gasteiger partial charge on any atom is -0.319 e. The average Bonchev–Trinajstić information content (AvgIpc) is 2.68. The number of aryl methyl sites for hydroxylation is 1. The van der Waals surface area contributed by atoms with Crippen molar-refractivity contribution in [3.63, 3.8) is 0 Å². The molecule has 0 spiro atoms. The van der Waals surface area contributed by atoms with E-state index in [0.29, 0.717) is 0 Å². The van der Waals surface area contributed by atoms with Crippen LogP contribution in [0.5, 0.6) is 0 Å². The Kier molecular flexibility index (Phi) is 2.93. The molecule has 1 aliphatic carbocycles. The monoisotopic (exact) mass is 278 g/mol. The van der Waals surface area contributed by atoms with Crippen molar-refractivity contribution in [2.75, 3.05) is 0 Å². The Labute approximate surface area is 116 Å². The van der Waals surface area contributed by atoms with E-state index in [2.05, 4.69) is 6.92 Å². The highest BCUT2D eigenvalue weighted by molar-refractivity contribution is 7.12. The first kappa shape index (κ1) is 12.2. The van der Waals surface area contributed by atoms with E-state index in [9.17, 15) is 0 Å². The highest BCUT2D eigenvalue weighted by Gasteiger charge is 2.37. The number of nitrogens with zero attached hydrogens (tertiary/aromatic N) is 1. The molecule has 0 atom stereocenters. The number of rotatable bonds is 2. The van der Waals surface area contributed by atoms with Gasteiger partial charge in [0.25, 0.3) is 0 Å². The third-order valence-electron chi connectivity index (χ3n) is 3.57. The van der Waals surface area contributed by atoms with Gasteiger partial charge in [-0.15, -0.1) is 11.3 Å². The normalized spacial score (nSPS) is 17.5.